The Morgan fingerprint density at radius 3 is 2.00 bits per heavy atom. The molecule has 1 atom stereocenters. The Morgan fingerprint density at radius 2 is 2.00 bits per heavy atom. The van der Waals surface area contributed by atoms with E-state index in [0.717, 1.165) is 0 Å². The number of carbonyl (C=O) groups is 1. The van der Waals surface area contributed by atoms with E-state index in [9.17, 15) is 4.79 Å². The van der Waals surface area contributed by atoms with E-state index in [1.165, 1.54) is 13.8 Å². The molecule has 0 saturated heterocycles. The summed E-state index contributed by atoms with van der Waals surface area (Å²) in [4.78, 5) is 10.1. The number of hydrogen-bond acceptors (Lipinski definition) is 3. The molecule has 0 rings (SSSR count). The number of aliphatic hydroxyl groups is 1. The number of aliphatic carboxylic acids is 1. The highest BCUT2D eigenvalue weighted by atomic mass is 16.4. The topological polar surface area (TPSA) is 83.5 Å². The molecule has 0 amide bonds. The standard InChI is InChI=1S/C5H11NO3/c1-3(2)5(6,9)4(7)8/h3,9H,6H2,1-2H3,(H,7,8)/t5-/m1/s1. The lowest BCUT2D eigenvalue weighted by molar-refractivity contribution is -0.162. The molecule has 0 heterocycles. The van der Waals surface area contributed by atoms with E-state index < -0.39 is 17.6 Å². The minimum Gasteiger partial charge on any atom is -0.478 e. The third kappa shape index (κ3) is 1.65. The number of rotatable bonds is 2. The molecule has 0 fully saturated rings. The van der Waals surface area contributed by atoms with Crippen molar-refractivity contribution in [3.05, 3.63) is 0 Å². The van der Waals surface area contributed by atoms with Crippen LogP contribution >= 0.6 is 0 Å². The molecule has 0 aliphatic heterocycles. The minimum atomic E-state index is -2.08. The monoisotopic (exact) mass is 133 g/mol. The maximum atomic E-state index is 10.1. The first-order valence-corrected chi connectivity index (χ1v) is 2.63. The van der Waals surface area contributed by atoms with E-state index in [2.05, 4.69) is 0 Å². The van der Waals surface area contributed by atoms with E-state index in [1.807, 2.05) is 0 Å². The first-order chi connectivity index (χ1) is 3.89. The normalized spacial score (nSPS) is 17.4. The van der Waals surface area contributed by atoms with Gasteiger partial charge < -0.3 is 10.2 Å². The van der Waals surface area contributed by atoms with Crippen LogP contribution in [0.1, 0.15) is 13.8 Å². The van der Waals surface area contributed by atoms with E-state index in [-0.39, 0.29) is 0 Å². The van der Waals surface area contributed by atoms with Crippen LogP contribution in [0.25, 0.3) is 0 Å². The summed E-state index contributed by atoms with van der Waals surface area (Å²) in [5, 5.41) is 17.1. The summed E-state index contributed by atoms with van der Waals surface area (Å²) in [5.41, 5.74) is 2.88. The summed E-state index contributed by atoms with van der Waals surface area (Å²) < 4.78 is 0. The molecular formula is C5H11NO3. The number of carboxylic acid groups (broad SMARTS) is 1. The van der Waals surface area contributed by atoms with Crippen molar-refractivity contribution in [1.29, 1.82) is 0 Å². The fraction of sp³-hybridized carbons (Fsp3) is 0.800. The molecule has 4 heteroatoms. The Balaban J connectivity index is 4.19. The molecule has 0 unspecified atom stereocenters. The van der Waals surface area contributed by atoms with Gasteiger partial charge in [-0.2, -0.15) is 0 Å². The van der Waals surface area contributed by atoms with Gasteiger partial charge in [0.1, 0.15) is 0 Å². The zero-order valence-electron chi connectivity index (χ0n) is 5.46. The van der Waals surface area contributed by atoms with Crippen LogP contribution in [0.5, 0.6) is 0 Å². The Bertz CT molecular complexity index is 119. The highest BCUT2D eigenvalue weighted by Gasteiger charge is 2.34. The predicted molar refractivity (Wildman–Crippen MR) is 31.6 cm³/mol. The van der Waals surface area contributed by atoms with Crippen molar-refractivity contribution in [2.24, 2.45) is 11.7 Å². The summed E-state index contributed by atoms with van der Waals surface area (Å²) in [6.07, 6.45) is 0. The molecule has 0 aromatic carbocycles. The molecule has 0 saturated carbocycles. The average molecular weight is 133 g/mol. The van der Waals surface area contributed by atoms with Gasteiger partial charge in [0.05, 0.1) is 0 Å². The number of carboxylic acids is 1. The van der Waals surface area contributed by atoms with Gasteiger partial charge in [0, 0.05) is 5.92 Å². The second-order valence-electron chi connectivity index (χ2n) is 2.29. The largest absolute Gasteiger partial charge is 0.478 e. The molecule has 9 heavy (non-hydrogen) atoms. The highest BCUT2D eigenvalue weighted by Crippen LogP contribution is 2.08. The van der Waals surface area contributed by atoms with Gasteiger partial charge in [-0.25, -0.2) is 4.79 Å². The Labute approximate surface area is 53.3 Å². The van der Waals surface area contributed by atoms with Crippen molar-refractivity contribution in [2.45, 2.75) is 19.6 Å². The van der Waals surface area contributed by atoms with Crippen LogP contribution in [0.3, 0.4) is 0 Å². The maximum absolute atomic E-state index is 10.1. The van der Waals surface area contributed by atoms with Crippen molar-refractivity contribution < 1.29 is 15.0 Å². The summed E-state index contributed by atoms with van der Waals surface area (Å²) in [6.45, 7) is 3.07. The summed E-state index contributed by atoms with van der Waals surface area (Å²) in [6, 6.07) is 0. The molecular weight excluding hydrogens is 122 g/mol. The van der Waals surface area contributed by atoms with Gasteiger partial charge in [-0.3, -0.25) is 5.73 Å². The third-order valence-electron chi connectivity index (χ3n) is 1.22. The smallest absolute Gasteiger partial charge is 0.351 e. The number of nitrogens with two attached hydrogens (primary N) is 1. The fourth-order valence-corrected chi connectivity index (χ4v) is 0.247. The lowest BCUT2D eigenvalue weighted by Crippen LogP contribution is -2.52. The van der Waals surface area contributed by atoms with Crippen LogP contribution in [-0.4, -0.2) is 21.9 Å². The van der Waals surface area contributed by atoms with Gasteiger partial charge in [0.2, 0.25) is 5.72 Å². The van der Waals surface area contributed by atoms with Crippen LogP contribution < -0.4 is 5.73 Å². The fourth-order valence-electron chi connectivity index (χ4n) is 0.247. The maximum Gasteiger partial charge on any atom is 0.351 e. The highest BCUT2D eigenvalue weighted by molar-refractivity contribution is 5.76. The third-order valence-corrected chi connectivity index (χ3v) is 1.22. The zero-order valence-corrected chi connectivity index (χ0v) is 5.46. The zero-order chi connectivity index (χ0) is 7.65. The second-order valence-corrected chi connectivity index (χ2v) is 2.29. The minimum absolute atomic E-state index is 0.477. The van der Waals surface area contributed by atoms with Crippen molar-refractivity contribution in [2.75, 3.05) is 0 Å². The van der Waals surface area contributed by atoms with Gasteiger partial charge in [-0.15, -0.1) is 0 Å². The molecule has 0 aromatic heterocycles. The molecule has 0 radical (unpaired) electrons. The van der Waals surface area contributed by atoms with E-state index in [0.29, 0.717) is 0 Å². The van der Waals surface area contributed by atoms with Gasteiger partial charge in [-0.05, 0) is 0 Å². The van der Waals surface area contributed by atoms with Crippen molar-refractivity contribution in [3.63, 3.8) is 0 Å². The van der Waals surface area contributed by atoms with Gasteiger partial charge in [0.25, 0.3) is 0 Å². The van der Waals surface area contributed by atoms with E-state index in [4.69, 9.17) is 15.9 Å². The number of hydrogen-bond donors (Lipinski definition) is 3. The van der Waals surface area contributed by atoms with Gasteiger partial charge >= 0.3 is 5.97 Å². The average Bonchev–Trinajstić information content (AvgIpc) is 1.65. The van der Waals surface area contributed by atoms with Crippen molar-refractivity contribution in [3.8, 4) is 0 Å². The summed E-state index contributed by atoms with van der Waals surface area (Å²) in [5.74, 6) is -1.87. The van der Waals surface area contributed by atoms with Crippen LogP contribution in [0, 0.1) is 5.92 Å². The second kappa shape index (κ2) is 2.33. The summed E-state index contributed by atoms with van der Waals surface area (Å²) >= 11 is 0. The molecule has 0 aliphatic rings. The quantitative estimate of drug-likeness (QED) is 0.438. The van der Waals surface area contributed by atoms with Crippen LogP contribution in [-0.2, 0) is 4.79 Å². The molecule has 4 N–H and O–H groups in total. The Hall–Kier alpha value is -0.610. The lowest BCUT2D eigenvalue weighted by Gasteiger charge is -2.21. The van der Waals surface area contributed by atoms with Crippen molar-refractivity contribution >= 4 is 5.97 Å². The van der Waals surface area contributed by atoms with Gasteiger partial charge in [-0.1, -0.05) is 13.8 Å². The predicted octanol–water partition coefficient (Wildman–Crippen LogP) is -0.626. The Kier molecular flexibility index (Phi) is 2.17. The van der Waals surface area contributed by atoms with E-state index in [1.54, 1.807) is 0 Å². The molecule has 4 nitrogen and oxygen atoms in total. The molecule has 54 valence electrons. The van der Waals surface area contributed by atoms with Gasteiger partial charge in [0.15, 0.2) is 0 Å². The summed E-state index contributed by atoms with van der Waals surface area (Å²) in [7, 11) is 0. The van der Waals surface area contributed by atoms with E-state index >= 15 is 0 Å². The van der Waals surface area contributed by atoms with Crippen LogP contribution in [0.2, 0.25) is 0 Å². The SMILES string of the molecule is CC(C)[C@@](N)(O)C(=O)O. The molecule has 0 bridgehead atoms. The molecule has 0 aliphatic carbocycles. The first-order valence-electron chi connectivity index (χ1n) is 2.63. The molecule has 0 spiro atoms. The van der Waals surface area contributed by atoms with Crippen molar-refractivity contribution in [1.82, 2.24) is 0 Å². The Morgan fingerprint density at radius 1 is 1.67 bits per heavy atom. The first kappa shape index (κ1) is 8.39. The lowest BCUT2D eigenvalue weighted by atomic mass is 10.0. The molecule has 0 aromatic rings. The van der Waals surface area contributed by atoms with Crippen LogP contribution in [0.15, 0.2) is 0 Å². The van der Waals surface area contributed by atoms with Crippen LogP contribution in [0.4, 0.5) is 0 Å².